The van der Waals surface area contributed by atoms with E-state index in [1.165, 1.54) is 72.8 Å². The topological polar surface area (TPSA) is 337 Å². The van der Waals surface area contributed by atoms with Gasteiger partial charge in [0.25, 0.3) is 8.02 Å². The smallest absolute Gasteiger partial charge is 0.545 e. The minimum atomic E-state index is -4.79. The van der Waals surface area contributed by atoms with E-state index >= 15 is 0 Å². The molecule has 0 bridgehead atoms. The monoisotopic (exact) mass is 993 g/mol. The van der Waals surface area contributed by atoms with E-state index < -0.39 is 59.5 Å². The molecule has 0 N–H and O–H groups in total. The molecule has 21 nitrogen and oxygen atoms in total. The zero-order valence-corrected chi connectivity index (χ0v) is 41.6. The first-order valence-corrected chi connectivity index (χ1v) is 23.0. The van der Waals surface area contributed by atoms with Gasteiger partial charge in [-0.1, -0.05) is 0 Å². The maximum Gasteiger partial charge on any atom is 1.00 e. The van der Waals surface area contributed by atoms with E-state index in [1.807, 2.05) is 0 Å². The molecule has 1 aliphatic rings. The Morgan fingerprint density at radius 1 is 0.347 bits per heavy atom. The Morgan fingerprint density at radius 2 is 0.556 bits per heavy atom. The van der Waals surface area contributed by atoms with Crippen molar-refractivity contribution in [3.8, 4) is 34.5 Å². The van der Waals surface area contributed by atoms with Crippen LogP contribution in [0.3, 0.4) is 0 Å². The van der Waals surface area contributed by atoms with Crippen LogP contribution in [-0.4, -0.2) is 35.8 Å². The van der Waals surface area contributed by atoms with Crippen molar-refractivity contribution in [2.75, 3.05) is 0 Å². The van der Waals surface area contributed by atoms with Gasteiger partial charge in [0.1, 0.15) is 11.5 Å². The number of carboxylic acids is 6. The van der Waals surface area contributed by atoms with Gasteiger partial charge in [0.2, 0.25) is 0 Å². The Hall–Kier alpha value is -4.47. The molecule has 0 fully saturated rings. The van der Waals surface area contributed by atoms with Gasteiger partial charge >= 0.3 is 129 Å². The van der Waals surface area contributed by atoms with E-state index in [9.17, 15) is 59.4 Å². The van der Waals surface area contributed by atoms with Crippen molar-refractivity contribution in [2.24, 2.45) is 4.52 Å². The SMILES string of the molecule is O=C([O-])c1ccc(OP2(Oc3ccc(C(=O)[O-])cc3)=N[P+](Oc3ccc(C(=O)[O-])cc3)(Oc3ccc(C(=O)[O-])cc3)[N-][P+](Oc3ccc(C(=O)[O-])cc3)(Oc3ccc(C(=O)[O-])cc3)[N-]2)cc1.[Li+].[Li+].[Li+].[Li+].[Li+].[Li+]. The molecular weight excluding hydrogens is 969 g/mol. The number of benzene rings is 6. The molecule has 0 spiro atoms. The van der Waals surface area contributed by atoms with Crippen LogP contribution in [0.4, 0.5) is 0 Å². The fraction of sp³-hybridized carbons (Fsp3) is 0. The van der Waals surface area contributed by atoms with E-state index in [4.69, 9.17) is 41.4 Å². The summed E-state index contributed by atoms with van der Waals surface area (Å²) in [5, 5.41) is 70.3. The van der Waals surface area contributed by atoms with Gasteiger partial charge in [0.05, 0.1) is 35.8 Å². The second-order valence-electron chi connectivity index (χ2n) is 13.2. The van der Waals surface area contributed by atoms with Crippen molar-refractivity contribution in [1.29, 1.82) is 0 Å². The molecule has 30 heteroatoms. The van der Waals surface area contributed by atoms with Gasteiger partial charge in [-0.15, -0.1) is 0 Å². The van der Waals surface area contributed by atoms with E-state index in [1.54, 1.807) is 0 Å². The largest absolute Gasteiger partial charge is 1.00 e. The Labute approximate surface area is 482 Å². The molecule has 0 aromatic heterocycles. The van der Waals surface area contributed by atoms with Gasteiger partial charge in [0, 0.05) is 0 Å². The van der Waals surface area contributed by atoms with Crippen LogP contribution in [0.1, 0.15) is 62.1 Å². The van der Waals surface area contributed by atoms with Gasteiger partial charge in [0.15, 0.2) is 23.0 Å². The van der Waals surface area contributed by atoms with Gasteiger partial charge in [-0.2, -0.15) is 4.86 Å². The fourth-order valence-corrected chi connectivity index (χ4v) is 14.6. The molecule has 1 heterocycles. The number of carboxylic acid groups (broad SMARTS) is 6. The summed E-state index contributed by atoms with van der Waals surface area (Å²) in [4.78, 5) is 79.9. The van der Waals surface area contributed by atoms with Crippen molar-refractivity contribution in [3.63, 3.8) is 0 Å². The van der Waals surface area contributed by atoms with Crippen LogP contribution in [0, 0.1) is 0 Å². The van der Waals surface area contributed by atoms with Crippen LogP contribution >= 0.6 is 23.7 Å². The summed E-state index contributed by atoms with van der Waals surface area (Å²) in [7, 11) is -14.4. The number of rotatable bonds is 18. The Morgan fingerprint density at radius 3 is 0.778 bits per heavy atom. The molecule has 0 aliphatic carbocycles. The van der Waals surface area contributed by atoms with E-state index in [2.05, 4.69) is 0 Å². The molecule has 0 radical (unpaired) electrons. The van der Waals surface area contributed by atoms with Gasteiger partial charge in [-0.25, -0.2) is 0 Å². The summed E-state index contributed by atoms with van der Waals surface area (Å²) >= 11 is 0. The van der Waals surface area contributed by atoms with E-state index in [0.717, 1.165) is 72.8 Å². The summed E-state index contributed by atoms with van der Waals surface area (Å²) < 4.78 is 43.6. The third kappa shape index (κ3) is 16.8. The van der Waals surface area contributed by atoms with Crippen molar-refractivity contribution in [2.45, 2.75) is 0 Å². The van der Waals surface area contributed by atoms with Crippen LogP contribution < -0.4 is 171 Å². The van der Waals surface area contributed by atoms with Crippen LogP contribution in [0.2, 0.25) is 0 Å². The second-order valence-corrected chi connectivity index (χ2v) is 19.3. The number of nitrogens with zero attached hydrogens (tertiary/aromatic N) is 3. The summed E-state index contributed by atoms with van der Waals surface area (Å²) in [6.07, 6.45) is 0. The van der Waals surface area contributed by atoms with Crippen LogP contribution in [0.5, 0.6) is 34.5 Å². The van der Waals surface area contributed by atoms with Gasteiger partial charge < -0.3 is 82.4 Å². The zero-order valence-electron chi connectivity index (χ0n) is 38.9. The Kier molecular flexibility index (Phi) is 25.7. The summed E-state index contributed by atoms with van der Waals surface area (Å²) in [5.74, 6) is -10.5. The third-order valence-corrected chi connectivity index (χ3v) is 16.7. The molecule has 0 atom stereocenters. The molecular formula is C42H24Li6N3O18P3. The molecule has 0 saturated heterocycles. The molecule has 72 heavy (non-hydrogen) atoms. The predicted molar refractivity (Wildman–Crippen MR) is 218 cm³/mol. The Bertz CT molecular complexity index is 2730. The molecule has 0 unspecified atom stereocenters. The van der Waals surface area contributed by atoms with Crippen molar-refractivity contribution in [1.82, 2.24) is 0 Å². The Balaban J connectivity index is 0.00000432. The summed E-state index contributed by atoms with van der Waals surface area (Å²) in [6, 6.07) is 27.3. The first-order chi connectivity index (χ1) is 31.4. The van der Waals surface area contributed by atoms with Crippen molar-refractivity contribution in [3.05, 3.63) is 189 Å². The number of hydrogen-bond acceptors (Lipinski definition) is 19. The molecule has 336 valence electrons. The minimum absolute atomic E-state index is 0. The number of carbonyl (C=O) groups excluding carboxylic acids is 6. The molecule has 6 aromatic carbocycles. The molecule has 6 aromatic rings. The average molecular weight is 993 g/mol. The van der Waals surface area contributed by atoms with Gasteiger partial charge in [-0.05, 0) is 183 Å². The number of hydrogen-bond donors (Lipinski definition) is 0. The molecule has 1 aliphatic heterocycles. The van der Waals surface area contributed by atoms with Crippen molar-refractivity contribution >= 4 is 59.5 Å². The molecule has 0 amide bonds. The minimum Gasteiger partial charge on any atom is -0.545 e. The summed E-state index contributed by atoms with van der Waals surface area (Å²) in [5.41, 5.74) is -1.73. The first kappa shape index (κ1) is 65.5. The normalized spacial score (nSPS) is 13.1. The number of carbonyl (C=O) groups is 6. The van der Waals surface area contributed by atoms with E-state index in [-0.39, 0.29) is 181 Å². The van der Waals surface area contributed by atoms with Crippen LogP contribution in [0.15, 0.2) is 150 Å². The average Bonchev–Trinajstić information content (AvgIpc) is 3.27. The van der Waals surface area contributed by atoms with E-state index in [0.29, 0.717) is 0 Å². The van der Waals surface area contributed by atoms with Crippen LogP contribution in [-0.2, 0) is 0 Å². The zero-order chi connectivity index (χ0) is 47.2. The van der Waals surface area contributed by atoms with Crippen molar-refractivity contribution < 1.29 is 200 Å². The first-order valence-electron chi connectivity index (χ1n) is 18.4. The van der Waals surface area contributed by atoms with Gasteiger partial charge in [-0.3, -0.25) is 9.05 Å². The summed E-state index contributed by atoms with van der Waals surface area (Å²) in [6.45, 7) is 0. The van der Waals surface area contributed by atoms with Crippen LogP contribution in [0.25, 0.3) is 9.72 Å². The second kappa shape index (κ2) is 28.3. The standard InChI is InChI=1S/C42H30N3O18P3.6Li/c46-37(47)25-1-13-31(14-2-25)58-64(59-32-15-3-26(4-16-32)38(48)49)43-65(60-33-17-5-27(6-18-33)39(50)51,61-34-19-7-28(8-20-34)40(52)53)45-66(44-64,62-35-21-9-29(10-22-35)41(54)55)63-36-23-11-30(12-24-36)42(56)57;;;;;;/h1-24H,(H,46,47)(H,48,49)(H,50,51)(H,52,53)(H,54,55)(H,56,57);;;;;;/q;6*+1/p-6. The third-order valence-electron chi connectivity index (χ3n) is 8.56. The molecule has 0 saturated carbocycles. The maximum atomic E-state index is 11.7. The fourth-order valence-electron chi connectivity index (χ4n) is 5.49. The molecule has 7 rings (SSSR count). The maximum absolute atomic E-state index is 11.7. The number of aromatic carboxylic acids is 6. The predicted octanol–water partition coefficient (Wildman–Crippen LogP) is -15.3. The quantitative estimate of drug-likeness (QED) is 0.0570.